The van der Waals surface area contributed by atoms with Gasteiger partial charge in [-0.15, -0.1) is 12.6 Å². The third-order valence-electron chi connectivity index (χ3n) is 2.23. The molecule has 0 saturated heterocycles. The molecular weight excluding hydrogens is 380 g/mol. The summed E-state index contributed by atoms with van der Waals surface area (Å²) in [5, 5.41) is 0. The van der Waals surface area contributed by atoms with Gasteiger partial charge in [0.05, 0.1) is 0 Å². The van der Waals surface area contributed by atoms with Crippen LogP contribution < -0.4 is 5.73 Å². The van der Waals surface area contributed by atoms with Gasteiger partial charge in [-0.1, -0.05) is 62.3 Å². The SMILES string of the molecule is NC(=S)S.[CH2-]CCC.[CH2-]CCCC(=O)OCc1ccccc1.[Zn+2]. The van der Waals surface area contributed by atoms with Crippen LogP contribution in [0.15, 0.2) is 30.3 Å². The quantitative estimate of drug-likeness (QED) is 0.240. The van der Waals surface area contributed by atoms with E-state index in [1.165, 1.54) is 6.42 Å². The van der Waals surface area contributed by atoms with Crippen molar-refractivity contribution >= 4 is 35.1 Å². The van der Waals surface area contributed by atoms with E-state index in [4.69, 9.17) is 10.5 Å². The number of benzene rings is 1. The van der Waals surface area contributed by atoms with E-state index >= 15 is 0 Å². The summed E-state index contributed by atoms with van der Waals surface area (Å²) in [4.78, 5) is 11.1. The number of hydrogen-bond donors (Lipinski definition) is 2. The van der Waals surface area contributed by atoms with Crippen LogP contribution in [0.2, 0.25) is 0 Å². The Hall–Kier alpha value is -0.447. The Labute approximate surface area is 164 Å². The Bertz CT molecular complexity index is 383. The van der Waals surface area contributed by atoms with Gasteiger partial charge >= 0.3 is 25.4 Å². The van der Waals surface area contributed by atoms with Crippen LogP contribution in [0.25, 0.3) is 0 Å². The summed E-state index contributed by atoms with van der Waals surface area (Å²) < 4.78 is 5.26. The van der Waals surface area contributed by atoms with Crippen molar-refractivity contribution in [3.63, 3.8) is 0 Å². The number of rotatable bonds is 6. The van der Waals surface area contributed by atoms with Crippen molar-refractivity contribution < 1.29 is 29.0 Å². The minimum atomic E-state index is -0.141. The number of carbonyl (C=O) groups excluding carboxylic acids is 1. The fourth-order valence-corrected chi connectivity index (χ4v) is 1.08. The molecule has 0 aliphatic heterocycles. The third kappa shape index (κ3) is 26.7. The normalized spacial score (nSPS) is 8.35. The van der Waals surface area contributed by atoms with Gasteiger partial charge in [0.15, 0.2) is 0 Å². The first-order chi connectivity index (χ1) is 10.5. The summed E-state index contributed by atoms with van der Waals surface area (Å²) in [6, 6.07) is 9.68. The van der Waals surface area contributed by atoms with E-state index < -0.39 is 0 Å². The number of ether oxygens (including phenoxy) is 1. The molecule has 2 N–H and O–H groups in total. The van der Waals surface area contributed by atoms with Crippen LogP contribution in [0, 0.1) is 13.8 Å². The van der Waals surface area contributed by atoms with Crippen molar-refractivity contribution in [2.24, 2.45) is 5.73 Å². The summed E-state index contributed by atoms with van der Waals surface area (Å²) in [5.74, 6) is -0.141. The van der Waals surface area contributed by atoms with E-state index in [0.29, 0.717) is 13.0 Å². The molecule has 0 atom stereocenters. The first-order valence-corrected chi connectivity index (χ1v) is 8.09. The standard InChI is InChI=1S/C12H15O2.C4H9.CH3NS2.Zn/c1-2-3-9-12(13)14-10-11-7-5-4-6-8-11;1-3-4-2;2-1(3)4;/h4-8H,1-3,9-10H2;1,3-4H2,2H3;(H3,2,3,4);/q2*-1;;+2. The van der Waals surface area contributed by atoms with E-state index in [9.17, 15) is 4.79 Å². The molecule has 0 bridgehead atoms. The van der Waals surface area contributed by atoms with Crippen molar-refractivity contribution in [3.05, 3.63) is 49.7 Å². The van der Waals surface area contributed by atoms with Crippen LogP contribution in [-0.2, 0) is 35.6 Å². The molecule has 126 valence electrons. The van der Waals surface area contributed by atoms with Gasteiger partial charge in [-0.2, -0.15) is 12.8 Å². The molecule has 0 amide bonds. The Morgan fingerprint density at radius 2 is 1.74 bits per heavy atom. The second-order valence-electron chi connectivity index (χ2n) is 4.30. The van der Waals surface area contributed by atoms with Gasteiger partial charge in [-0.3, -0.25) is 4.79 Å². The molecule has 0 spiro atoms. The van der Waals surface area contributed by atoms with Crippen LogP contribution in [0.4, 0.5) is 0 Å². The maximum atomic E-state index is 11.1. The van der Waals surface area contributed by atoms with Crippen LogP contribution >= 0.6 is 24.8 Å². The van der Waals surface area contributed by atoms with Gasteiger partial charge in [0.2, 0.25) is 0 Å². The smallest absolute Gasteiger partial charge is 0.461 e. The Balaban J connectivity index is -0.000000374. The Morgan fingerprint density at radius 1 is 1.26 bits per heavy atom. The van der Waals surface area contributed by atoms with Gasteiger partial charge in [-0.05, 0) is 5.56 Å². The molecule has 0 heterocycles. The maximum Gasteiger partial charge on any atom is 2.00 e. The minimum absolute atomic E-state index is 0. The first kappa shape index (κ1) is 27.4. The van der Waals surface area contributed by atoms with E-state index in [1.807, 2.05) is 30.3 Å². The van der Waals surface area contributed by atoms with Gasteiger partial charge in [0, 0.05) is 6.42 Å². The average Bonchev–Trinajstić information content (AvgIpc) is 2.51. The number of thiol groups is 1. The van der Waals surface area contributed by atoms with Crippen molar-refractivity contribution in [3.8, 4) is 0 Å². The van der Waals surface area contributed by atoms with Crippen molar-refractivity contribution in [2.75, 3.05) is 0 Å². The molecule has 0 aliphatic rings. The number of esters is 1. The monoisotopic (exact) mass is 405 g/mol. The Kier molecular flexibility index (Phi) is 25.7. The van der Waals surface area contributed by atoms with Gasteiger partial charge in [0.1, 0.15) is 10.9 Å². The van der Waals surface area contributed by atoms with Crippen molar-refractivity contribution in [1.29, 1.82) is 0 Å². The maximum absolute atomic E-state index is 11.1. The van der Waals surface area contributed by atoms with E-state index in [0.717, 1.165) is 24.8 Å². The van der Waals surface area contributed by atoms with Crippen LogP contribution in [0.3, 0.4) is 0 Å². The first-order valence-electron chi connectivity index (χ1n) is 7.24. The van der Waals surface area contributed by atoms with Gasteiger partial charge in [0.25, 0.3) is 0 Å². The molecule has 23 heavy (non-hydrogen) atoms. The molecule has 1 aromatic carbocycles. The number of carbonyl (C=O) groups is 1. The summed E-state index contributed by atoms with van der Waals surface area (Å²) in [6.45, 7) is 9.76. The molecule has 3 nitrogen and oxygen atoms in total. The zero-order valence-corrected chi connectivity index (χ0v) is 18.7. The molecular formula is C17H27NO2S2Zn. The van der Waals surface area contributed by atoms with Crippen LogP contribution in [0.1, 0.15) is 44.6 Å². The Morgan fingerprint density at radius 3 is 2.13 bits per heavy atom. The predicted octanol–water partition coefficient (Wildman–Crippen LogP) is 4.51. The molecule has 0 fully saturated rings. The van der Waals surface area contributed by atoms with Crippen LogP contribution in [0.5, 0.6) is 0 Å². The number of thiocarbonyl (C=S) groups is 1. The zero-order valence-electron chi connectivity index (χ0n) is 14.0. The van der Waals surface area contributed by atoms with Crippen molar-refractivity contribution in [1.82, 2.24) is 0 Å². The third-order valence-corrected chi connectivity index (χ3v) is 2.23. The predicted molar refractivity (Wildman–Crippen MR) is 101 cm³/mol. The van der Waals surface area contributed by atoms with E-state index in [-0.39, 0.29) is 29.8 Å². The fourth-order valence-electron chi connectivity index (χ4n) is 1.08. The fraction of sp³-hybridized carbons (Fsp3) is 0.412. The minimum Gasteiger partial charge on any atom is -0.461 e. The summed E-state index contributed by atoms with van der Waals surface area (Å²) in [7, 11) is 0. The topological polar surface area (TPSA) is 52.3 Å². The summed E-state index contributed by atoms with van der Waals surface area (Å²) >= 11 is 7.65. The second-order valence-corrected chi connectivity index (χ2v) is 5.52. The molecule has 6 heteroatoms. The largest absolute Gasteiger partial charge is 2.00 e. The number of nitrogens with two attached hydrogens (primary N) is 1. The van der Waals surface area contributed by atoms with Gasteiger partial charge in [-0.25, -0.2) is 0 Å². The van der Waals surface area contributed by atoms with Gasteiger partial charge < -0.3 is 24.3 Å². The molecule has 0 radical (unpaired) electrons. The number of hydrogen-bond acceptors (Lipinski definition) is 3. The molecule has 0 aromatic heterocycles. The number of unbranched alkanes of at least 4 members (excludes halogenated alkanes) is 2. The van der Waals surface area contributed by atoms with Crippen molar-refractivity contribution in [2.45, 2.75) is 45.6 Å². The molecule has 1 aromatic rings. The van der Waals surface area contributed by atoms with E-state index in [1.54, 1.807) is 0 Å². The molecule has 0 aliphatic carbocycles. The van der Waals surface area contributed by atoms with E-state index in [2.05, 4.69) is 45.6 Å². The average molecular weight is 407 g/mol. The molecule has 0 unspecified atom stereocenters. The second kappa shape index (κ2) is 21.6. The van der Waals surface area contributed by atoms with Crippen LogP contribution in [-0.4, -0.2) is 10.3 Å². The zero-order chi connectivity index (χ0) is 17.2. The molecule has 0 saturated carbocycles. The summed E-state index contributed by atoms with van der Waals surface area (Å²) in [5.41, 5.74) is 5.73. The summed E-state index contributed by atoms with van der Waals surface area (Å²) in [6.07, 6.45) is 4.32. The molecule has 1 rings (SSSR count).